The van der Waals surface area contributed by atoms with E-state index in [4.69, 9.17) is 25.8 Å². The van der Waals surface area contributed by atoms with Gasteiger partial charge in [0.25, 0.3) is 11.1 Å². The van der Waals surface area contributed by atoms with Crippen LogP contribution >= 0.6 is 23.4 Å². The van der Waals surface area contributed by atoms with Crippen LogP contribution in [0, 0.1) is 11.3 Å². The Morgan fingerprint density at radius 2 is 2.03 bits per heavy atom. The Bertz CT molecular complexity index is 1220. The second-order valence-corrected chi connectivity index (χ2v) is 8.97. The van der Waals surface area contributed by atoms with E-state index in [1.807, 2.05) is 6.92 Å². The molecule has 10 heteroatoms. The number of nitrogens with zero attached hydrogens (tertiary/aromatic N) is 2. The first kappa shape index (κ1) is 26.1. The SMILES string of the molecule is CC[C@@H](C)OC(=O)CN1C(=O)S/C(=C\c2cc(Cl)c(OCc3ccccc3C#N)c(OC)c2)C1=O. The lowest BCUT2D eigenvalue weighted by Crippen LogP contribution is -2.35. The zero-order valence-corrected chi connectivity index (χ0v) is 20.9. The van der Waals surface area contributed by atoms with Crippen molar-refractivity contribution in [2.45, 2.75) is 33.0 Å². The largest absolute Gasteiger partial charge is 0.493 e. The molecule has 1 atom stereocenters. The van der Waals surface area contributed by atoms with Gasteiger partial charge in [0.2, 0.25) is 0 Å². The summed E-state index contributed by atoms with van der Waals surface area (Å²) in [5.41, 5.74) is 1.69. The Labute approximate surface area is 212 Å². The second kappa shape index (κ2) is 11.8. The van der Waals surface area contributed by atoms with Gasteiger partial charge in [-0.05, 0) is 54.9 Å². The molecule has 0 bridgehead atoms. The van der Waals surface area contributed by atoms with Gasteiger partial charge in [-0.15, -0.1) is 0 Å². The van der Waals surface area contributed by atoms with Crippen molar-refractivity contribution in [2.24, 2.45) is 0 Å². The highest BCUT2D eigenvalue weighted by atomic mass is 35.5. The van der Waals surface area contributed by atoms with E-state index in [0.717, 1.165) is 16.7 Å². The topological polar surface area (TPSA) is 106 Å². The molecule has 0 saturated carbocycles. The summed E-state index contributed by atoms with van der Waals surface area (Å²) in [6.07, 6.45) is 1.82. The Kier molecular flexibility index (Phi) is 8.79. The van der Waals surface area contributed by atoms with E-state index < -0.39 is 23.7 Å². The molecule has 2 aromatic rings. The number of methoxy groups -OCH3 is 1. The van der Waals surface area contributed by atoms with Gasteiger partial charge in [-0.1, -0.05) is 36.7 Å². The molecule has 3 rings (SSSR count). The molecule has 2 aromatic carbocycles. The number of benzene rings is 2. The number of carbonyl (C=O) groups excluding carboxylic acids is 3. The van der Waals surface area contributed by atoms with Gasteiger partial charge < -0.3 is 14.2 Å². The van der Waals surface area contributed by atoms with E-state index in [-0.39, 0.29) is 28.4 Å². The van der Waals surface area contributed by atoms with Crippen molar-refractivity contribution in [2.75, 3.05) is 13.7 Å². The highest BCUT2D eigenvalue weighted by molar-refractivity contribution is 8.18. The minimum absolute atomic E-state index is 0.102. The number of ether oxygens (including phenoxy) is 3. The molecule has 0 spiro atoms. The fraction of sp³-hybridized carbons (Fsp3) is 0.280. The van der Waals surface area contributed by atoms with E-state index in [0.29, 0.717) is 28.9 Å². The average molecular weight is 515 g/mol. The van der Waals surface area contributed by atoms with E-state index in [1.165, 1.54) is 13.2 Å². The third-order valence-electron chi connectivity index (χ3n) is 5.13. The van der Waals surface area contributed by atoms with E-state index in [9.17, 15) is 19.6 Å². The summed E-state index contributed by atoms with van der Waals surface area (Å²) in [7, 11) is 1.45. The van der Waals surface area contributed by atoms with Crippen LogP contribution in [0.5, 0.6) is 11.5 Å². The van der Waals surface area contributed by atoms with Crippen LogP contribution in [0.15, 0.2) is 41.3 Å². The molecule has 8 nitrogen and oxygen atoms in total. The zero-order chi connectivity index (χ0) is 25.5. The normalized spacial score (nSPS) is 15.2. The summed E-state index contributed by atoms with van der Waals surface area (Å²) >= 11 is 7.16. The lowest BCUT2D eigenvalue weighted by molar-refractivity contribution is -0.150. The van der Waals surface area contributed by atoms with Crippen LogP contribution < -0.4 is 9.47 Å². The molecule has 0 aliphatic carbocycles. The minimum atomic E-state index is -0.646. The number of thioether (sulfide) groups is 1. The number of hydrogen-bond donors (Lipinski definition) is 0. The van der Waals surface area contributed by atoms with Crippen LogP contribution in [0.1, 0.15) is 37.0 Å². The molecular formula is C25H23ClN2O6S. The molecule has 182 valence electrons. The molecular weight excluding hydrogens is 492 g/mol. The number of hydrogen-bond acceptors (Lipinski definition) is 8. The quantitative estimate of drug-likeness (QED) is 0.333. The Morgan fingerprint density at radius 1 is 1.29 bits per heavy atom. The number of carbonyl (C=O) groups is 3. The van der Waals surface area contributed by atoms with Crippen molar-refractivity contribution in [1.82, 2.24) is 4.90 Å². The summed E-state index contributed by atoms with van der Waals surface area (Å²) in [5, 5.41) is 8.92. The van der Waals surface area contributed by atoms with E-state index >= 15 is 0 Å². The van der Waals surface area contributed by atoms with Gasteiger partial charge in [-0.3, -0.25) is 19.3 Å². The molecule has 2 amide bonds. The van der Waals surface area contributed by atoms with Crippen LogP contribution in [-0.4, -0.2) is 41.8 Å². The number of amides is 2. The van der Waals surface area contributed by atoms with Crippen molar-refractivity contribution in [3.63, 3.8) is 0 Å². The minimum Gasteiger partial charge on any atom is -0.493 e. The summed E-state index contributed by atoms with van der Waals surface area (Å²) in [6, 6.07) is 12.3. The predicted octanol–water partition coefficient (Wildman–Crippen LogP) is 5.18. The summed E-state index contributed by atoms with van der Waals surface area (Å²) in [4.78, 5) is 38.1. The Hall–Kier alpha value is -3.48. The van der Waals surface area contributed by atoms with E-state index in [1.54, 1.807) is 43.3 Å². The molecule has 0 N–H and O–H groups in total. The fourth-order valence-electron chi connectivity index (χ4n) is 3.13. The van der Waals surface area contributed by atoms with Crippen molar-refractivity contribution >= 4 is 46.6 Å². The summed E-state index contributed by atoms with van der Waals surface area (Å²) in [5.74, 6) is -0.647. The van der Waals surface area contributed by atoms with Gasteiger partial charge in [0.15, 0.2) is 11.5 Å². The first-order chi connectivity index (χ1) is 16.8. The van der Waals surface area contributed by atoms with Gasteiger partial charge in [0, 0.05) is 5.56 Å². The van der Waals surface area contributed by atoms with Crippen LogP contribution in [0.4, 0.5) is 4.79 Å². The van der Waals surface area contributed by atoms with Crippen molar-refractivity contribution in [3.05, 3.63) is 63.0 Å². The lowest BCUT2D eigenvalue weighted by Gasteiger charge is -2.15. The first-order valence-electron chi connectivity index (χ1n) is 10.7. The van der Waals surface area contributed by atoms with Crippen LogP contribution in [0.3, 0.4) is 0 Å². The smallest absolute Gasteiger partial charge is 0.326 e. The molecule has 0 aromatic heterocycles. The van der Waals surface area contributed by atoms with Crippen molar-refractivity contribution in [3.8, 4) is 17.6 Å². The monoisotopic (exact) mass is 514 g/mol. The summed E-state index contributed by atoms with van der Waals surface area (Å²) < 4.78 is 16.4. The Morgan fingerprint density at radius 3 is 2.71 bits per heavy atom. The average Bonchev–Trinajstić information content (AvgIpc) is 3.10. The molecule has 1 aliphatic heterocycles. The molecule has 1 saturated heterocycles. The number of halogens is 1. The third kappa shape index (κ3) is 6.35. The van der Waals surface area contributed by atoms with Crippen LogP contribution in [0.25, 0.3) is 6.08 Å². The highest BCUT2D eigenvalue weighted by Crippen LogP contribution is 2.39. The number of nitriles is 1. The first-order valence-corrected chi connectivity index (χ1v) is 11.9. The van der Waals surface area contributed by atoms with Gasteiger partial charge in [0.05, 0.1) is 34.8 Å². The van der Waals surface area contributed by atoms with Gasteiger partial charge in [-0.2, -0.15) is 5.26 Å². The molecule has 0 radical (unpaired) electrons. The van der Waals surface area contributed by atoms with Crippen molar-refractivity contribution in [1.29, 1.82) is 5.26 Å². The van der Waals surface area contributed by atoms with Crippen LogP contribution in [0.2, 0.25) is 5.02 Å². The molecule has 35 heavy (non-hydrogen) atoms. The molecule has 1 fully saturated rings. The number of imide groups is 1. The molecule has 0 unspecified atom stereocenters. The van der Waals surface area contributed by atoms with Crippen LogP contribution in [-0.2, 0) is 20.9 Å². The fourth-order valence-corrected chi connectivity index (χ4v) is 4.24. The summed E-state index contributed by atoms with van der Waals surface area (Å²) in [6.45, 7) is 3.25. The van der Waals surface area contributed by atoms with Gasteiger partial charge in [-0.25, -0.2) is 0 Å². The molecule has 1 heterocycles. The predicted molar refractivity (Wildman–Crippen MR) is 132 cm³/mol. The lowest BCUT2D eigenvalue weighted by atomic mass is 10.1. The zero-order valence-electron chi connectivity index (χ0n) is 19.4. The van der Waals surface area contributed by atoms with E-state index in [2.05, 4.69) is 6.07 Å². The number of esters is 1. The maximum atomic E-state index is 12.7. The standard InChI is InChI=1S/C25H23ClN2O6S/c1-4-15(2)34-22(29)13-28-24(30)21(35-25(28)31)11-16-9-19(26)23(20(10-16)32-3)33-14-18-8-6-5-7-17(18)12-27/h5-11,15H,4,13-14H2,1-3H3/b21-11-/t15-/m1/s1. The van der Waals surface area contributed by atoms with Crippen molar-refractivity contribution < 1.29 is 28.6 Å². The Balaban J connectivity index is 1.78. The molecule has 1 aliphatic rings. The number of rotatable bonds is 9. The van der Waals surface area contributed by atoms with Gasteiger partial charge >= 0.3 is 5.97 Å². The maximum Gasteiger partial charge on any atom is 0.326 e. The maximum absolute atomic E-state index is 12.7. The highest BCUT2D eigenvalue weighted by Gasteiger charge is 2.37. The van der Waals surface area contributed by atoms with Gasteiger partial charge in [0.1, 0.15) is 13.2 Å². The second-order valence-electron chi connectivity index (χ2n) is 7.57. The third-order valence-corrected chi connectivity index (χ3v) is 6.32.